The summed E-state index contributed by atoms with van der Waals surface area (Å²) in [5.74, 6) is 2.42. The largest absolute Gasteiger partial charge is 0.496 e. The van der Waals surface area contributed by atoms with Gasteiger partial charge in [0, 0.05) is 18.0 Å². The van der Waals surface area contributed by atoms with Crippen LogP contribution in [0.4, 0.5) is 9.80 Å². The van der Waals surface area contributed by atoms with Crippen LogP contribution in [-0.4, -0.2) is 27.7 Å². The van der Waals surface area contributed by atoms with E-state index in [0.717, 1.165) is 46.0 Å². The molecule has 0 radical (unpaired) electrons. The molecule has 176 valence electrons. The van der Waals surface area contributed by atoms with Crippen LogP contribution in [0.25, 0.3) is 21.6 Å². The summed E-state index contributed by atoms with van der Waals surface area (Å²) >= 11 is 7.42. The third-order valence-electron chi connectivity index (χ3n) is 6.04. The number of anilines is 1. The Balaban J connectivity index is 1.26. The lowest BCUT2D eigenvalue weighted by molar-refractivity contribution is 0.155. The highest BCUT2D eigenvalue weighted by Crippen LogP contribution is 2.38. The number of hydrogen-bond donors (Lipinski definition) is 1. The van der Waals surface area contributed by atoms with Crippen LogP contribution in [0.1, 0.15) is 30.4 Å². The number of carbonyl (C=O) groups is 1. The molecule has 1 N–H and O–H groups in total. The minimum absolute atomic E-state index is 0.163. The van der Waals surface area contributed by atoms with Crippen LogP contribution < -0.4 is 10.1 Å². The number of benzene rings is 2. The van der Waals surface area contributed by atoms with Gasteiger partial charge < -0.3 is 14.0 Å². The van der Waals surface area contributed by atoms with Crippen LogP contribution in [0.5, 0.6) is 5.75 Å². The lowest BCUT2D eigenvalue weighted by atomic mass is 10.0. The number of methoxy groups -OCH3 is 1. The normalized spacial score (nSPS) is 15.2. The number of fused-ring (bicyclic) bond motifs is 3. The van der Waals surface area contributed by atoms with Gasteiger partial charge in [0.25, 0.3) is 0 Å². The molecule has 2 aromatic carbocycles. The first kappa shape index (κ1) is 22.7. The average molecular weight is 497 g/mol. The molecule has 1 unspecified atom stereocenters. The second kappa shape index (κ2) is 9.27. The molecule has 9 heteroatoms. The number of thiazole rings is 1. The van der Waals surface area contributed by atoms with Gasteiger partial charge in [0.2, 0.25) is 0 Å². The first-order valence-corrected chi connectivity index (χ1v) is 12.3. The summed E-state index contributed by atoms with van der Waals surface area (Å²) in [6.07, 6.45) is 1.65. The fraction of sp³-hybridized carbons (Fsp3) is 0.320. The van der Waals surface area contributed by atoms with Crippen LogP contribution in [-0.2, 0) is 24.3 Å². The van der Waals surface area contributed by atoms with E-state index in [1.165, 1.54) is 17.8 Å². The molecule has 0 aliphatic carbocycles. The second-order valence-electron chi connectivity index (χ2n) is 8.58. The van der Waals surface area contributed by atoms with E-state index in [2.05, 4.69) is 27.9 Å². The van der Waals surface area contributed by atoms with E-state index in [1.54, 1.807) is 19.2 Å². The molecule has 3 heterocycles. The van der Waals surface area contributed by atoms with Gasteiger partial charge in [0.05, 0.1) is 29.4 Å². The van der Waals surface area contributed by atoms with Gasteiger partial charge in [-0.15, -0.1) is 0 Å². The highest BCUT2D eigenvalue weighted by Gasteiger charge is 2.20. The van der Waals surface area contributed by atoms with E-state index >= 15 is 0 Å². The zero-order valence-electron chi connectivity index (χ0n) is 19.2. The van der Waals surface area contributed by atoms with Gasteiger partial charge in [0.1, 0.15) is 28.2 Å². The molecule has 1 aliphatic heterocycles. The number of rotatable bonds is 5. The molecule has 1 atom stereocenters. The van der Waals surface area contributed by atoms with Crippen molar-refractivity contribution < 1.29 is 14.3 Å². The summed E-state index contributed by atoms with van der Waals surface area (Å²) in [4.78, 5) is 21.9. The minimum atomic E-state index is -0.528. The van der Waals surface area contributed by atoms with Gasteiger partial charge in [-0.2, -0.15) is 0 Å². The molecule has 34 heavy (non-hydrogen) atoms. The summed E-state index contributed by atoms with van der Waals surface area (Å²) in [7, 11) is 1.59. The number of ether oxygens (including phenoxy) is 2. The van der Waals surface area contributed by atoms with Gasteiger partial charge in [-0.05, 0) is 55.2 Å². The second-order valence-corrected chi connectivity index (χ2v) is 10.0. The molecule has 7 nitrogen and oxygen atoms in total. The van der Waals surface area contributed by atoms with Crippen LogP contribution in [0.2, 0.25) is 5.02 Å². The Labute approximate surface area is 206 Å². The highest BCUT2D eigenvalue weighted by atomic mass is 35.5. The quantitative estimate of drug-likeness (QED) is 0.343. The van der Waals surface area contributed by atoms with Crippen molar-refractivity contribution in [3.8, 4) is 16.3 Å². The maximum Gasteiger partial charge on any atom is 0.412 e. The Bertz CT molecular complexity index is 1380. The van der Waals surface area contributed by atoms with Gasteiger partial charge in [-0.1, -0.05) is 35.9 Å². The highest BCUT2D eigenvalue weighted by molar-refractivity contribution is 7.19. The summed E-state index contributed by atoms with van der Waals surface area (Å²) in [6, 6.07) is 11.4. The summed E-state index contributed by atoms with van der Waals surface area (Å²) in [5, 5.41) is 4.75. The zero-order chi connectivity index (χ0) is 23.8. The summed E-state index contributed by atoms with van der Waals surface area (Å²) < 4.78 is 13.2. The SMILES string of the molecule is COc1cc(Cl)ccc1-c1nc(C)c(NC(=O)OCc2ccc3c(c2)nc2n3CCC(C)C2)s1. The van der Waals surface area contributed by atoms with Gasteiger partial charge in [0.15, 0.2) is 0 Å². The molecule has 5 rings (SSSR count). The van der Waals surface area contributed by atoms with Crippen molar-refractivity contribution >= 4 is 45.1 Å². The van der Waals surface area contributed by atoms with Crippen LogP contribution in [0.3, 0.4) is 0 Å². The van der Waals surface area contributed by atoms with E-state index in [0.29, 0.717) is 27.4 Å². The molecule has 4 aromatic rings. The Kier molecular flexibility index (Phi) is 6.18. The Hall–Kier alpha value is -3.10. The smallest absolute Gasteiger partial charge is 0.412 e. The number of halogens is 1. The van der Waals surface area contributed by atoms with Gasteiger partial charge in [-0.3, -0.25) is 5.32 Å². The van der Waals surface area contributed by atoms with E-state index in [-0.39, 0.29) is 6.61 Å². The molecule has 0 spiro atoms. The molecule has 1 amide bonds. The predicted octanol–water partition coefficient (Wildman–Crippen LogP) is 6.46. The molecule has 1 aliphatic rings. The first-order valence-electron chi connectivity index (χ1n) is 11.1. The van der Waals surface area contributed by atoms with E-state index in [4.69, 9.17) is 26.1 Å². The molecular weight excluding hydrogens is 472 g/mol. The van der Waals surface area contributed by atoms with Crippen molar-refractivity contribution in [2.45, 2.75) is 39.8 Å². The van der Waals surface area contributed by atoms with Crippen molar-refractivity contribution in [1.29, 1.82) is 0 Å². The predicted molar refractivity (Wildman–Crippen MR) is 135 cm³/mol. The minimum Gasteiger partial charge on any atom is -0.496 e. The van der Waals surface area contributed by atoms with Crippen molar-refractivity contribution in [1.82, 2.24) is 14.5 Å². The standard InChI is InChI=1S/C25H25ClN4O3S/c1-14-8-9-30-20-7-4-16(11-19(20)28-22(30)10-14)13-33-25(31)29-23-15(2)27-24(34-23)18-6-5-17(26)12-21(18)32-3/h4-7,11-12,14H,8-10,13H2,1-3H3,(H,29,31). The number of aromatic nitrogens is 3. The van der Waals surface area contributed by atoms with Crippen molar-refractivity contribution in [2.24, 2.45) is 5.92 Å². The van der Waals surface area contributed by atoms with Crippen molar-refractivity contribution in [3.05, 3.63) is 58.5 Å². The number of hydrogen-bond acceptors (Lipinski definition) is 6. The number of aryl methyl sites for hydroxylation is 2. The van der Waals surface area contributed by atoms with Crippen LogP contribution in [0.15, 0.2) is 36.4 Å². The third kappa shape index (κ3) is 4.48. The molecule has 2 aromatic heterocycles. The summed E-state index contributed by atoms with van der Waals surface area (Å²) in [5.41, 5.74) is 4.50. The van der Waals surface area contributed by atoms with Gasteiger partial charge >= 0.3 is 6.09 Å². The third-order valence-corrected chi connectivity index (χ3v) is 7.39. The molecule has 0 fully saturated rings. The van der Waals surface area contributed by atoms with Crippen LogP contribution in [0, 0.1) is 12.8 Å². The molecule has 0 bridgehead atoms. The zero-order valence-corrected chi connectivity index (χ0v) is 20.8. The number of nitrogens with zero attached hydrogens (tertiary/aromatic N) is 3. The number of carbonyl (C=O) groups excluding carboxylic acids is 1. The van der Waals surface area contributed by atoms with Crippen LogP contribution >= 0.6 is 22.9 Å². The summed E-state index contributed by atoms with van der Waals surface area (Å²) in [6.45, 7) is 5.27. The van der Waals surface area contributed by atoms with E-state index < -0.39 is 6.09 Å². The fourth-order valence-electron chi connectivity index (χ4n) is 4.23. The Morgan fingerprint density at radius 2 is 2.12 bits per heavy atom. The lowest BCUT2D eigenvalue weighted by Gasteiger charge is -2.20. The van der Waals surface area contributed by atoms with Gasteiger partial charge in [-0.25, -0.2) is 14.8 Å². The molecular formula is C25H25ClN4O3S. The van der Waals surface area contributed by atoms with E-state index in [9.17, 15) is 4.79 Å². The van der Waals surface area contributed by atoms with Crippen molar-refractivity contribution in [3.63, 3.8) is 0 Å². The average Bonchev–Trinajstić information content (AvgIpc) is 3.36. The molecule has 0 saturated carbocycles. The van der Waals surface area contributed by atoms with Crippen molar-refractivity contribution in [2.75, 3.05) is 12.4 Å². The molecule has 0 saturated heterocycles. The topological polar surface area (TPSA) is 78.3 Å². The Morgan fingerprint density at radius 3 is 2.94 bits per heavy atom. The number of imidazole rings is 1. The monoisotopic (exact) mass is 496 g/mol. The first-order chi connectivity index (χ1) is 16.4. The fourth-order valence-corrected chi connectivity index (χ4v) is 5.37. The number of nitrogens with one attached hydrogen (secondary N) is 1. The Morgan fingerprint density at radius 1 is 1.26 bits per heavy atom. The lowest BCUT2D eigenvalue weighted by Crippen LogP contribution is -2.17. The maximum absolute atomic E-state index is 12.5. The van der Waals surface area contributed by atoms with E-state index in [1.807, 2.05) is 25.1 Å². The number of amides is 1. The maximum atomic E-state index is 12.5.